The summed E-state index contributed by atoms with van der Waals surface area (Å²) in [6, 6.07) is 11.5. The minimum absolute atomic E-state index is 0.596. The topological polar surface area (TPSA) is 26.3 Å². The number of aldehydes is 1. The van der Waals surface area contributed by atoms with E-state index in [1.165, 1.54) is 0 Å². The van der Waals surface area contributed by atoms with Crippen LogP contribution >= 0.6 is 0 Å². The maximum atomic E-state index is 10.2. The smallest absolute Gasteiger partial charge is 0.193 e. The quantitative estimate of drug-likeness (QED) is 0.533. The van der Waals surface area contributed by atoms with Crippen LogP contribution in [-0.2, 0) is 4.79 Å². The van der Waals surface area contributed by atoms with Gasteiger partial charge in [0.25, 0.3) is 0 Å². The van der Waals surface area contributed by atoms with Crippen molar-refractivity contribution in [2.24, 2.45) is 0 Å². The molecule has 2 aromatic carbocycles. The average molecular weight is 210 g/mol. The van der Waals surface area contributed by atoms with Gasteiger partial charge in [-0.2, -0.15) is 0 Å². The van der Waals surface area contributed by atoms with Crippen LogP contribution in [0.2, 0.25) is 0 Å². The van der Waals surface area contributed by atoms with Crippen molar-refractivity contribution in [2.45, 2.75) is 0 Å². The minimum Gasteiger partial charge on any atom is -0.496 e. The predicted molar refractivity (Wildman–Crippen MR) is 63.4 cm³/mol. The molecule has 0 aliphatic rings. The first kappa shape index (κ1) is 10.3. The molecule has 2 rings (SSSR count). The van der Waals surface area contributed by atoms with Gasteiger partial charge in [-0.05, 0) is 18.1 Å². The molecule has 0 aromatic heterocycles. The molecule has 0 heterocycles. The van der Waals surface area contributed by atoms with Gasteiger partial charge in [0, 0.05) is 16.3 Å². The number of ether oxygens (including phenoxy) is 1. The van der Waals surface area contributed by atoms with Crippen molar-refractivity contribution in [2.75, 3.05) is 7.11 Å². The Morgan fingerprint density at radius 3 is 2.56 bits per heavy atom. The summed E-state index contributed by atoms with van der Waals surface area (Å²) in [5.74, 6) is 6.05. The molecule has 2 heteroatoms. The second-order valence-corrected chi connectivity index (χ2v) is 3.25. The summed E-state index contributed by atoms with van der Waals surface area (Å²) >= 11 is 0. The number of hydrogen-bond acceptors (Lipinski definition) is 2. The second-order valence-electron chi connectivity index (χ2n) is 3.25. The number of hydrogen-bond donors (Lipinski definition) is 0. The van der Waals surface area contributed by atoms with Gasteiger partial charge >= 0.3 is 0 Å². The van der Waals surface area contributed by atoms with Crippen LogP contribution in [0.25, 0.3) is 10.8 Å². The summed E-state index contributed by atoms with van der Waals surface area (Å²) in [4.78, 5) is 10.2. The first-order chi connectivity index (χ1) is 7.86. The monoisotopic (exact) mass is 210 g/mol. The Kier molecular flexibility index (Phi) is 2.88. The predicted octanol–water partition coefficient (Wildman–Crippen LogP) is 2.40. The Labute approximate surface area is 93.8 Å². The van der Waals surface area contributed by atoms with Crippen LogP contribution < -0.4 is 4.74 Å². The Morgan fingerprint density at radius 1 is 1.12 bits per heavy atom. The highest BCUT2D eigenvalue weighted by Gasteiger charge is 2.03. The lowest BCUT2D eigenvalue weighted by Crippen LogP contribution is -1.87. The Hall–Kier alpha value is -2.27. The fraction of sp³-hybridized carbons (Fsp3) is 0.0714. The molecule has 0 aliphatic heterocycles. The molecule has 0 amide bonds. The lowest BCUT2D eigenvalue weighted by Gasteiger charge is -2.06. The first-order valence-corrected chi connectivity index (χ1v) is 4.87. The third-order valence-electron chi connectivity index (χ3n) is 2.37. The maximum absolute atomic E-state index is 10.2. The molecule has 0 saturated carbocycles. The van der Waals surface area contributed by atoms with Gasteiger partial charge in [-0.25, -0.2) is 0 Å². The largest absolute Gasteiger partial charge is 0.496 e. The highest BCUT2D eigenvalue weighted by Crippen LogP contribution is 2.27. The summed E-state index contributed by atoms with van der Waals surface area (Å²) < 4.78 is 5.27. The van der Waals surface area contributed by atoms with Crippen LogP contribution in [-0.4, -0.2) is 13.4 Å². The molecule has 0 saturated heterocycles. The molecule has 0 N–H and O–H groups in total. The summed E-state index contributed by atoms with van der Waals surface area (Å²) in [6.45, 7) is 0. The van der Waals surface area contributed by atoms with E-state index in [-0.39, 0.29) is 0 Å². The zero-order valence-corrected chi connectivity index (χ0v) is 8.86. The van der Waals surface area contributed by atoms with Crippen molar-refractivity contribution in [1.29, 1.82) is 0 Å². The lowest BCUT2D eigenvalue weighted by atomic mass is 10.0. The summed E-state index contributed by atoms with van der Waals surface area (Å²) in [6.07, 6.45) is 0.596. The summed E-state index contributed by atoms with van der Waals surface area (Å²) in [5, 5.41) is 2.00. The average Bonchev–Trinajstić information content (AvgIpc) is 2.36. The molecule has 2 aromatic rings. The van der Waals surface area contributed by atoms with E-state index in [9.17, 15) is 4.79 Å². The molecule has 0 bridgehead atoms. The Morgan fingerprint density at radius 2 is 1.88 bits per heavy atom. The van der Waals surface area contributed by atoms with E-state index in [2.05, 4.69) is 11.8 Å². The second kappa shape index (κ2) is 4.50. The maximum Gasteiger partial charge on any atom is 0.193 e. The molecular formula is C14H10O2. The molecular weight excluding hydrogens is 200 g/mol. The number of rotatable bonds is 1. The van der Waals surface area contributed by atoms with Crippen LogP contribution in [0.3, 0.4) is 0 Å². The van der Waals surface area contributed by atoms with E-state index in [1.807, 2.05) is 36.4 Å². The fourth-order valence-electron chi connectivity index (χ4n) is 1.67. The van der Waals surface area contributed by atoms with Crippen molar-refractivity contribution in [3.8, 4) is 17.6 Å². The van der Waals surface area contributed by atoms with E-state index in [0.717, 1.165) is 22.1 Å². The van der Waals surface area contributed by atoms with Gasteiger partial charge in [0.15, 0.2) is 6.29 Å². The zero-order chi connectivity index (χ0) is 11.4. The van der Waals surface area contributed by atoms with Crippen molar-refractivity contribution in [3.63, 3.8) is 0 Å². The SMILES string of the molecule is COc1ccc(C#CC=O)c2ccccc12. The minimum atomic E-state index is 0.596. The fourth-order valence-corrected chi connectivity index (χ4v) is 1.67. The van der Waals surface area contributed by atoms with Crippen molar-refractivity contribution < 1.29 is 9.53 Å². The van der Waals surface area contributed by atoms with E-state index >= 15 is 0 Å². The third kappa shape index (κ3) is 1.76. The molecule has 78 valence electrons. The number of benzene rings is 2. The third-order valence-corrected chi connectivity index (χ3v) is 2.37. The van der Waals surface area contributed by atoms with E-state index < -0.39 is 0 Å². The van der Waals surface area contributed by atoms with Gasteiger partial charge in [0.1, 0.15) is 5.75 Å². The molecule has 0 spiro atoms. The standard InChI is InChI=1S/C14H10O2/c1-16-14-9-8-11(5-4-10-15)12-6-2-3-7-13(12)14/h2-3,6-10H,1H3. The summed E-state index contributed by atoms with van der Waals surface area (Å²) in [5.41, 5.74) is 0.837. The van der Waals surface area contributed by atoms with E-state index in [4.69, 9.17) is 4.74 Å². The molecule has 16 heavy (non-hydrogen) atoms. The van der Waals surface area contributed by atoms with Crippen LogP contribution in [0.15, 0.2) is 36.4 Å². The zero-order valence-electron chi connectivity index (χ0n) is 8.86. The van der Waals surface area contributed by atoms with Gasteiger partial charge in [0.2, 0.25) is 0 Å². The number of carbonyl (C=O) groups is 1. The highest BCUT2D eigenvalue weighted by atomic mass is 16.5. The summed E-state index contributed by atoms with van der Waals surface area (Å²) in [7, 11) is 1.64. The molecule has 0 aliphatic carbocycles. The van der Waals surface area contributed by atoms with E-state index in [1.54, 1.807) is 7.11 Å². The van der Waals surface area contributed by atoms with Crippen molar-refractivity contribution in [1.82, 2.24) is 0 Å². The van der Waals surface area contributed by atoms with Crippen LogP contribution in [0, 0.1) is 11.8 Å². The van der Waals surface area contributed by atoms with Crippen molar-refractivity contribution >= 4 is 17.1 Å². The first-order valence-electron chi connectivity index (χ1n) is 4.87. The number of carbonyl (C=O) groups excluding carboxylic acids is 1. The van der Waals surface area contributed by atoms with E-state index in [0.29, 0.717) is 6.29 Å². The van der Waals surface area contributed by atoms with Gasteiger partial charge in [0.05, 0.1) is 7.11 Å². The number of methoxy groups -OCH3 is 1. The Balaban J connectivity index is 2.74. The Bertz CT molecular complexity index is 588. The molecule has 0 fully saturated rings. The molecule has 2 nitrogen and oxygen atoms in total. The highest BCUT2D eigenvalue weighted by molar-refractivity contribution is 5.93. The normalized spacial score (nSPS) is 9.31. The molecule has 0 atom stereocenters. The van der Waals surface area contributed by atoms with Gasteiger partial charge in [-0.15, -0.1) is 0 Å². The van der Waals surface area contributed by atoms with Gasteiger partial charge in [-0.3, -0.25) is 4.79 Å². The van der Waals surface area contributed by atoms with Crippen LogP contribution in [0.1, 0.15) is 5.56 Å². The molecule has 0 radical (unpaired) electrons. The van der Waals surface area contributed by atoms with Crippen molar-refractivity contribution in [3.05, 3.63) is 42.0 Å². The van der Waals surface area contributed by atoms with Gasteiger partial charge < -0.3 is 4.74 Å². The lowest BCUT2D eigenvalue weighted by molar-refractivity contribution is -0.103. The van der Waals surface area contributed by atoms with Gasteiger partial charge in [-0.1, -0.05) is 30.2 Å². The molecule has 0 unspecified atom stereocenters. The van der Waals surface area contributed by atoms with Crippen LogP contribution in [0.5, 0.6) is 5.75 Å². The van der Waals surface area contributed by atoms with Crippen LogP contribution in [0.4, 0.5) is 0 Å². The number of fused-ring (bicyclic) bond motifs is 1.